The molecule has 0 amide bonds. The van der Waals surface area contributed by atoms with Crippen molar-refractivity contribution in [1.82, 2.24) is 0 Å². The molecule has 0 aliphatic carbocycles. The van der Waals surface area contributed by atoms with Crippen molar-refractivity contribution in [2.75, 3.05) is 12.4 Å². The molecule has 0 saturated carbocycles. The quantitative estimate of drug-likeness (QED) is 0.534. The number of nitrogens with zero attached hydrogens (tertiary/aromatic N) is 1. The third kappa shape index (κ3) is 3.20. The Bertz CT molecular complexity index is 984. The van der Waals surface area contributed by atoms with E-state index in [0.29, 0.717) is 11.4 Å². The first-order valence-electron chi connectivity index (χ1n) is 7.35. The summed E-state index contributed by atoms with van der Waals surface area (Å²) in [5, 5.41) is 25.1. The third-order valence-corrected chi connectivity index (χ3v) is 3.78. The van der Waals surface area contributed by atoms with Gasteiger partial charge in [-0.05, 0) is 29.0 Å². The maximum Gasteiger partial charge on any atom is 0.338 e. The van der Waals surface area contributed by atoms with E-state index in [9.17, 15) is 20.0 Å². The molecule has 0 spiro atoms. The molecule has 0 fully saturated rings. The van der Waals surface area contributed by atoms with Crippen molar-refractivity contribution in [3.8, 4) is 5.75 Å². The Morgan fingerprint density at radius 2 is 1.76 bits per heavy atom. The number of hydrogen-bond donors (Lipinski definition) is 2. The number of carbonyl (C=O) groups is 1. The van der Waals surface area contributed by atoms with Crippen LogP contribution in [0, 0.1) is 10.1 Å². The fourth-order valence-electron chi connectivity index (χ4n) is 2.56. The molecule has 3 rings (SSSR count). The predicted molar refractivity (Wildman–Crippen MR) is 93.8 cm³/mol. The summed E-state index contributed by atoms with van der Waals surface area (Å²) in [5.74, 6) is -0.723. The molecule has 0 unspecified atom stereocenters. The lowest BCUT2D eigenvalue weighted by Gasteiger charge is -2.14. The van der Waals surface area contributed by atoms with Crippen LogP contribution in [-0.4, -0.2) is 23.1 Å². The van der Waals surface area contributed by atoms with Gasteiger partial charge in [-0.25, -0.2) is 4.79 Å². The van der Waals surface area contributed by atoms with Crippen LogP contribution in [0.4, 0.5) is 17.1 Å². The Labute approximate surface area is 142 Å². The van der Waals surface area contributed by atoms with Crippen LogP contribution in [0.1, 0.15) is 10.4 Å². The van der Waals surface area contributed by atoms with Crippen molar-refractivity contribution < 1.29 is 19.6 Å². The minimum absolute atomic E-state index is 0.190. The number of carboxylic acids is 1. The van der Waals surface area contributed by atoms with Crippen LogP contribution in [0.5, 0.6) is 5.75 Å². The van der Waals surface area contributed by atoms with Crippen molar-refractivity contribution in [3.05, 3.63) is 70.3 Å². The van der Waals surface area contributed by atoms with E-state index in [0.717, 1.165) is 16.8 Å². The topological polar surface area (TPSA) is 102 Å². The fourth-order valence-corrected chi connectivity index (χ4v) is 2.56. The van der Waals surface area contributed by atoms with E-state index in [1.807, 2.05) is 36.4 Å². The van der Waals surface area contributed by atoms with Crippen LogP contribution >= 0.6 is 0 Å². The van der Waals surface area contributed by atoms with Crippen molar-refractivity contribution in [1.29, 1.82) is 0 Å². The van der Waals surface area contributed by atoms with Gasteiger partial charge in [-0.3, -0.25) is 10.1 Å². The molecule has 2 N–H and O–H groups in total. The highest BCUT2D eigenvalue weighted by atomic mass is 16.6. The number of ether oxygens (including phenoxy) is 1. The number of rotatable bonds is 5. The molecule has 25 heavy (non-hydrogen) atoms. The Hall–Kier alpha value is -3.61. The second kappa shape index (κ2) is 6.48. The van der Waals surface area contributed by atoms with Gasteiger partial charge in [0.25, 0.3) is 5.69 Å². The number of benzene rings is 3. The van der Waals surface area contributed by atoms with Crippen molar-refractivity contribution >= 4 is 33.8 Å². The van der Waals surface area contributed by atoms with Gasteiger partial charge in [0.15, 0.2) is 0 Å². The summed E-state index contributed by atoms with van der Waals surface area (Å²) >= 11 is 0. The summed E-state index contributed by atoms with van der Waals surface area (Å²) in [7, 11) is 1.52. The number of carboxylic acid groups (broad SMARTS) is 1. The van der Waals surface area contributed by atoms with E-state index >= 15 is 0 Å². The number of aromatic carboxylic acids is 1. The lowest BCUT2D eigenvalue weighted by Crippen LogP contribution is -2.04. The van der Waals surface area contributed by atoms with Gasteiger partial charge >= 0.3 is 5.97 Å². The molecule has 0 bridgehead atoms. The first-order valence-corrected chi connectivity index (χ1v) is 7.35. The van der Waals surface area contributed by atoms with E-state index in [2.05, 4.69) is 5.32 Å². The second-order valence-corrected chi connectivity index (χ2v) is 5.32. The van der Waals surface area contributed by atoms with E-state index < -0.39 is 10.9 Å². The Balaban J connectivity index is 2.09. The van der Waals surface area contributed by atoms with Crippen LogP contribution < -0.4 is 10.1 Å². The summed E-state index contributed by atoms with van der Waals surface area (Å²) < 4.78 is 5.37. The van der Waals surface area contributed by atoms with Gasteiger partial charge in [0, 0.05) is 12.1 Å². The van der Waals surface area contributed by atoms with Gasteiger partial charge < -0.3 is 15.2 Å². The SMILES string of the molecule is COc1cc2ccccc2cc1Nc1ccc([N+](=O)[O-])cc1C(=O)O. The van der Waals surface area contributed by atoms with Gasteiger partial charge in [0.05, 0.1) is 29.0 Å². The summed E-state index contributed by atoms with van der Waals surface area (Å²) in [4.78, 5) is 21.7. The molecule has 0 aliphatic heterocycles. The maximum atomic E-state index is 11.5. The number of anilines is 2. The molecule has 0 radical (unpaired) electrons. The number of nitro benzene ring substituents is 1. The number of methoxy groups -OCH3 is 1. The predicted octanol–water partition coefficient (Wildman–Crippen LogP) is 4.20. The zero-order valence-electron chi connectivity index (χ0n) is 13.2. The standard InChI is InChI=1S/C18H14N2O5/c1-25-17-9-12-5-3-2-4-11(12)8-16(17)19-15-7-6-13(20(23)24)10-14(15)18(21)22/h2-10,19H,1H3,(H,21,22). The smallest absolute Gasteiger partial charge is 0.338 e. The van der Waals surface area contributed by atoms with E-state index in [1.165, 1.54) is 19.2 Å². The highest BCUT2D eigenvalue weighted by Gasteiger charge is 2.17. The highest BCUT2D eigenvalue weighted by molar-refractivity contribution is 5.97. The number of hydrogen-bond acceptors (Lipinski definition) is 5. The average molecular weight is 338 g/mol. The van der Waals surface area contributed by atoms with E-state index in [4.69, 9.17) is 4.74 Å². The molecule has 0 aliphatic rings. The first-order chi connectivity index (χ1) is 12.0. The monoisotopic (exact) mass is 338 g/mol. The van der Waals surface area contributed by atoms with Crippen LogP contribution in [-0.2, 0) is 0 Å². The zero-order valence-corrected chi connectivity index (χ0v) is 13.2. The molecular weight excluding hydrogens is 324 g/mol. The molecule has 7 nitrogen and oxygen atoms in total. The van der Waals surface area contributed by atoms with Gasteiger partial charge in [0.2, 0.25) is 0 Å². The molecule has 3 aromatic carbocycles. The Morgan fingerprint density at radius 3 is 2.36 bits per heavy atom. The Kier molecular flexibility index (Phi) is 4.21. The summed E-state index contributed by atoms with van der Waals surface area (Å²) in [6.07, 6.45) is 0. The summed E-state index contributed by atoms with van der Waals surface area (Å²) in [5.41, 5.74) is 0.335. The first kappa shape index (κ1) is 16.3. The molecule has 3 aromatic rings. The fraction of sp³-hybridized carbons (Fsp3) is 0.0556. The summed E-state index contributed by atoms with van der Waals surface area (Å²) in [6.45, 7) is 0. The third-order valence-electron chi connectivity index (χ3n) is 3.78. The number of non-ortho nitro benzene ring substituents is 1. The molecular formula is C18H14N2O5. The van der Waals surface area contributed by atoms with E-state index in [-0.39, 0.29) is 16.9 Å². The van der Waals surface area contributed by atoms with Crippen molar-refractivity contribution in [2.45, 2.75) is 0 Å². The zero-order chi connectivity index (χ0) is 18.0. The molecule has 0 saturated heterocycles. The minimum Gasteiger partial charge on any atom is -0.495 e. The van der Waals surface area contributed by atoms with E-state index in [1.54, 1.807) is 0 Å². The number of nitro groups is 1. The molecule has 126 valence electrons. The van der Waals surface area contributed by atoms with Crippen LogP contribution in [0.15, 0.2) is 54.6 Å². The lowest BCUT2D eigenvalue weighted by atomic mass is 10.1. The normalized spacial score (nSPS) is 10.4. The van der Waals surface area contributed by atoms with Crippen molar-refractivity contribution in [2.24, 2.45) is 0 Å². The largest absolute Gasteiger partial charge is 0.495 e. The van der Waals surface area contributed by atoms with Gasteiger partial charge in [-0.15, -0.1) is 0 Å². The molecule has 0 aromatic heterocycles. The van der Waals surface area contributed by atoms with Gasteiger partial charge in [-0.2, -0.15) is 0 Å². The Morgan fingerprint density at radius 1 is 1.08 bits per heavy atom. The second-order valence-electron chi connectivity index (χ2n) is 5.32. The molecule has 7 heteroatoms. The maximum absolute atomic E-state index is 11.5. The van der Waals surface area contributed by atoms with Crippen molar-refractivity contribution in [3.63, 3.8) is 0 Å². The van der Waals surface area contributed by atoms with Gasteiger partial charge in [-0.1, -0.05) is 24.3 Å². The van der Waals surface area contributed by atoms with Crippen LogP contribution in [0.25, 0.3) is 10.8 Å². The number of fused-ring (bicyclic) bond motifs is 1. The molecule has 0 heterocycles. The highest BCUT2D eigenvalue weighted by Crippen LogP contribution is 2.34. The van der Waals surface area contributed by atoms with Gasteiger partial charge in [0.1, 0.15) is 5.75 Å². The van der Waals surface area contributed by atoms with Crippen LogP contribution in [0.3, 0.4) is 0 Å². The average Bonchev–Trinajstić information content (AvgIpc) is 2.61. The number of nitrogens with one attached hydrogen (secondary N) is 1. The van der Waals surface area contributed by atoms with Crippen LogP contribution in [0.2, 0.25) is 0 Å². The molecule has 0 atom stereocenters. The summed E-state index contributed by atoms with van der Waals surface area (Å²) in [6, 6.07) is 15.0. The lowest BCUT2D eigenvalue weighted by molar-refractivity contribution is -0.384. The minimum atomic E-state index is -1.26.